The summed E-state index contributed by atoms with van der Waals surface area (Å²) in [7, 11) is 1.63. The molecule has 0 aliphatic carbocycles. The average Bonchev–Trinajstić information content (AvgIpc) is 3.56. The number of carbonyl (C=O) groups is 1. The van der Waals surface area contributed by atoms with Gasteiger partial charge in [0.05, 0.1) is 37.4 Å². The number of carbonyl (C=O) groups excluding carboxylic acids is 1. The fourth-order valence-electron chi connectivity index (χ4n) is 4.20. The van der Waals surface area contributed by atoms with E-state index >= 15 is 0 Å². The summed E-state index contributed by atoms with van der Waals surface area (Å²) in [4.78, 5) is 23.9. The Morgan fingerprint density at radius 2 is 2.03 bits per heavy atom. The molecule has 4 aromatic rings. The van der Waals surface area contributed by atoms with Crippen molar-refractivity contribution in [1.82, 2.24) is 19.9 Å². The van der Waals surface area contributed by atoms with Crippen LogP contribution in [-0.2, 0) is 9.47 Å². The Balaban J connectivity index is 1.27. The molecule has 0 bridgehead atoms. The molecule has 0 unspecified atom stereocenters. The van der Waals surface area contributed by atoms with Gasteiger partial charge in [-0.15, -0.1) is 11.3 Å². The van der Waals surface area contributed by atoms with Crippen molar-refractivity contribution in [3.8, 4) is 16.8 Å². The van der Waals surface area contributed by atoms with Gasteiger partial charge >= 0.3 is 0 Å². The van der Waals surface area contributed by atoms with Gasteiger partial charge in [-0.25, -0.2) is 4.98 Å². The Morgan fingerprint density at radius 1 is 1.18 bits per heavy atom. The van der Waals surface area contributed by atoms with Gasteiger partial charge in [-0.1, -0.05) is 0 Å². The zero-order chi connectivity index (χ0) is 26.3. The van der Waals surface area contributed by atoms with Crippen molar-refractivity contribution >= 4 is 39.4 Å². The average molecular weight is 539 g/mol. The van der Waals surface area contributed by atoms with Crippen molar-refractivity contribution in [2.24, 2.45) is 0 Å². The van der Waals surface area contributed by atoms with Gasteiger partial charge in [-0.05, 0) is 24.3 Å². The van der Waals surface area contributed by atoms with Crippen LogP contribution in [0.2, 0.25) is 0 Å². The number of amides is 1. The number of aromatic nitrogens is 3. The number of thiazole rings is 1. The fourth-order valence-corrected chi connectivity index (χ4v) is 4.98. The topological polar surface area (TPSA) is 123 Å². The van der Waals surface area contributed by atoms with E-state index in [1.807, 2.05) is 18.2 Å². The highest BCUT2D eigenvalue weighted by Crippen LogP contribution is 2.34. The summed E-state index contributed by atoms with van der Waals surface area (Å²) >= 11 is 1.27. The molecule has 1 fully saturated rings. The highest BCUT2D eigenvalue weighted by molar-refractivity contribution is 7.12. The Bertz CT molecular complexity index is 1380. The van der Waals surface area contributed by atoms with Crippen LogP contribution in [-0.4, -0.2) is 85.3 Å². The number of pyridine rings is 1. The van der Waals surface area contributed by atoms with Crippen molar-refractivity contribution in [3.63, 3.8) is 0 Å². The summed E-state index contributed by atoms with van der Waals surface area (Å²) in [5.41, 5.74) is 1.83. The molecule has 4 heterocycles. The van der Waals surface area contributed by atoms with E-state index in [0.717, 1.165) is 37.3 Å². The van der Waals surface area contributed by atoms with Gasteiger partial charge in [0.1, 0.15) is 18.1 Å². The molecule has 38 heavy (non-hydrogen) atoms. The largest absolute Gasteiger partial charge is 0.494 e. The van der Waals surface area contributed by atoms with Crippen molar-refractivity contribution in [3.05, 3.63) is 53.9 Å². The second-order valence-electron chi connectivity index (χ2n) is 8.62. The third kappa shape index (κ3) is 5.89. The van der Waals surface area contributed by atoms with Crippen LogP contribution in [0, 0.1) is 0 Å². The summed E-state index contributed by atoms with van der Waals surface area (Å²) in [6.07, 6.45) is 5.16. The summed E-state index contributed by atoms with van der Waals surface area (Å²) in [6, 6.07) is 7.39. The standard InChI is InChI=1S/C26H30N6O5S/c1-35-10-11-36-12-13-37-19-3-2-18-16-32(25(34)20(18)14-19)26-30-22(17-38-26)24(33)29-21-15-28-5-4-23(21)31-8-6-27-7-9-31/h2-5,14-17,27,34H,6-13H2,1H3,(H,29,33). The lowest BCUT2D eigenvalue weighted by molar-refractivity contribution is 0.0544. The zero-order valence-electron chi connectivity index (χ0n) is 21.1. The second-order valence-corrected chi connectivity index (χ2v) is 9.46. The Labute approximate surface area is 224 Å². The van der Waals surface area contributed by atoms with E-state index in [1.165, 1.54) is 11.3 Å². The molecule has 3 aromatic heterocycles. The molecule has 3 N–H and O–H groups in total. The number of methoxy groups -OCH3 is 1. The van der Waals surface area contributed by atoms with Crippen LogP contribution in [0.25, 0.3) is 15.9 Å². The van der Waals surface area contributed by atoms with Crippen LogP contribution in [0.15, 0.2) is 48.2 Å². The van der Waals surface area contributed by atoms with Gasteiger partial charge in [0.15, 0.2) is 5.13 Å². The maximum atomic E-state index is 13.0. The number of fused-ring (bicyclic) bond motifs is 1. The van der Waals surface area contributed by atoms with Crippen molar-refractivity contribution < 1.29 is 24.1 Å². The van der Waals surface area contributed by atoms with Gasteiger partial charge in [-0.3, -0.25) is 14.3 Å². The number of hydrogen-bond donors (Lipinski definition) is 3. The minimum Gasteiger partial charge on any atom is -0.494 e. The third-order valence-corrected chi connectivity index (χ3v) is 6.96. The molecule has 0 saturated carbocycles. The van der Waals surface area contributed by atoms with Gasteiger partial charge in [0.25, 0.3) is 5.91 Å². The zero-order valence-corrected chi connectivity index (χ0v) is 21.9. The first-order valence-electron chi connectivity index (χ1n) is 12.3. The number of hydrogen-bond acceptors (Lipinski definition) is 10. The van der Waals surface area contributed by atoms with Gasteiger partial charge in [0, 0.05) is 61.8 Å². The molecule has 12 heteroatoms. The number of anilines is 2. The van der Waals surface area contributed by atoms with E-state index in [2.05, 4.69) is 25.5 Å². The first kappa shape index (κ1) is 25.9. The highest BCUT2D eigenvalue weighted by atomic mass is 32.1. The minimum atomic E-state index is -0.337. The molecule has 0 spiro atoms. The molecular formula is C26H30N6O5S. The monoisotopic (exact) mass is 538 g/mol. The van der Waals surface area contributed by atoms with E-state index in [4.69, 9.17) is 14.2 Å². The Hall–Kier alpha value is -3.71. The Morgan fingerprint density at radius 3 is 2.87 bits per heavy atom. The fraction of sp³-hybridized carbons (Fsp3) is 0.346. The van der Waals surface area contributed by atoms with E-state index < -0.39 is 0 Å². The SMILES string of the molecule is COCCOCCOc1ccc2cn(-c3nc(C(=O)Nc4cnccc4N4CCNCC4)cs3)c(O)c2c1. The molecule has 0 radical (unpaired) electrons. The number of benzene rings is 1. The van der Waals surface area contributed by atoms with Gasteiger partial charge < -0.3 is 34.9 Å². The van der Waals surface area contributed by atoms with Crippen LogP contribution in [0.1, 0.15) is 10.5 Å². The molecular weight excluding hydrogens is 508 g/mol. The van der Waals surface area contributed by atoms with Crippen molar-refractivity contribution in [1.29, 1.82) is 0 Å². The summed E-state index contributed by atoms with van der Waals surface area (Å²) in [5.74, 6) is 0.310. The smallest absolute Gasteiger partial charge is 0.275 e. The lowest BCUT2D eigenvalue weighted by Gasteiger charge is -2.30. The van der Waals surface area contributed by atoms with Crippen LogP contribution in [0.5, 0.6) is 11.6 Å². The number of piperazine rings is 1. The number of nitrogens with zero attached hydrogens (tertiary/aromatic N) is 4. The molecule has 11 nitrogen and oxygen atoms in total. The minimum absolute atomic E-state index is 0.0244. The van der Waals surface area contributed by atoms with Crippen LogP contribution >= 0.6 is 11.3 Å². The molecule has 200 valence electrons. The van der Waals surface area contributed by atoms with Crippen molar-refractivity contribution in [2.45, 2.75) is 0 Å². The van der Waals surface area contributed by atoms with E-state index in [0.29, 0.717) is 48.4 Å². The predicted octanol–water partition coefficient (Wildman–Crippen LogP) is 2.89. The van der Waals surface area contributed by atoms with Crippen LogP contribution in [0.4, 0.5) is 11.4 Å². The molecule has 0 atom stereocenters. The van der Waals surface area contributed by atoms with Gasteiger partial charge in [-0.2, -0.15) is 0 Å². The van der Waals surface area contributed by atoms with Crippen LogP contribution in [0.3, 0.4) is 0 Å². The second kappa shape index (κ2) is 12.2. The van der Waals surface area contributed by atoms with E-state index in [1.54, 1.807) is 41.7 Å². The molecule has 5 rings (SSSR count). The maximum absolute atomic E-state index is 13.0. The summed E-state index contributed by atoms with van der Waals surface area (Å²) in [5, 5.41) is 20.8. The van der Waals surface area contributed by atoms with Crippen molar-refractivity contribution in [2.75, 3.05) is 69.9 Å². The third-order valence-electron chi connectivity index (χ3n) is 6.12. The summed E-state index contributed by atoms with van der Waals surface area (Å²) < 4.78 is 17.7. The molecule has 1 saturated heterocycles. The maximum Gasteiger partial charge on any atom is 0.275 e. The highest BCUT2D eigenvalue weighted by Gasteiger charge is 2.19. The van der Waals surface area contributed by atoms with E-state index in [-0.39, 0.29) is 17.5 Å². The quantitative estimate of drug-likeness (QED) is 0.247. The molecule has 1 amide bonds. The Kier molecular flexibility index (Phi) is 8.34. The first-order valence-corrected chi connectivity index (χ1v) is 13.2. The number of ether oxygens (including phenoxy) is 3. The summed E-state index contributed by atoms with van der Waals surface area (Å²) in [6.45, 7) is 5.34. The van der Waals surface area contributed by atoms with Gasteiger partial charge in [0.2, 0.25) is 5.88 Å². The van der Waals surface area contributed by atoms with Crippen LogP contribution < -0.4 is 20.3 Å². The molecule has 1 aliphatic heterocycles. The molecule has 1 aromatic carbocycles. The molecule has 1 aliphatic rings. The lowest BCUT2D eigenvalue weighted by Crippen LogP contribution is -2.43. The number of aromatic hydroxyl groups is 1. The van der Waals surface area contributed by atoms with E-state index in [9.17, 15) is 9.90 Å². The predicted molar refractivity (Wildman–Crippen MR) is 146 cm³/mol. The number of rotatable bonds is 11. The normalized spacial score (nSPS) is 13.7. The lowest BCUT2D eigenvalue weighted by atomic mass is 10.2. The first-order chi connectivity index (χ1) is 18.6. The number of nitrogens with one attached hydrogen (secondary N) is 2.